The van der Waals surface area contributed by atoms with E-state index in [1.165, 1.54) is 21.3 Å². The van der Waals surface area contributed by atoms with Crippen LogP contribution >= 0.6 is 11.3 Å². The van der Waals surface area contributed by atoms with Crippen LogP contribution in [0.1, 0.15) is 39.7 Å². The van der Waals surface area contributed by atoms with E-state index in [9.17, 15) is 9.59 Å². The Balaban J connectivity index is 1.68. The second-order valence-electron chi connectivity index (χ2n) is 6.19. The van der Waals surface area contributed by atoms with E-state index in [-0.39, 0.29) is 17.9 Å². The zero-order valence-corrected chi connectivity index (χ0v) is 14.4. The fourth-order valence-electron chi connectivity index (χ4n) is 3.30. The Morgan fingerprint density at radius 1 is 1.25 bits per heavy atom. The normalized spacial score (nSPS) is 13.4. The summed E-state index contributed by atoms with van der Waals surface area (Å²) in [6.07, 6.45) is 5.54. The zero-order chi connectivity index (χ0) is 16.7. The van der Waals surface area contributed by atoms with E-state index in [0.29, 0.717) is 5.56 Å². The Hall–Kier alpha value is -2.27. The van der Waals surface area contributed by atoms with Gasteiger partial charge < -0.3 is 0 Å². The molecule has 0 saturated carbocycles. The molecule has 122 valence electrons. The number of ketones is 1. The molecule has 0 N–H and O–H groups in total. The number of carbonyl (C=O) groups is 1. The molecule has 0 amide bonds. The summed E-state index contributed by atoms with van der Waals surface area (Å²) in [5.41, 5.74) is 2.90. The summed E-state index contributed by atoms with van der Waals surface area (Å²) >= 11 is 1.62. The van der Waals surface area contributed by atoms with Gasteiger partial charge in [-0.05, 0) is 36.8 Å². The van der Waals surface area contributed by atoms with E-state index >= 15 is 0 Å². The summed E-state index contributed by atoms with van der Waals surface area (Å²) in [6.45, 7) is 2.12. The van der Waals surface area contributed by atoms with Crippen LogP contribution in [0.4, 0.5) is 0 Å². The van der Waals surface area contributed by atoms with E-state index in [1.54, 1.807) is 11.3 Å². The van der Waals surface area contributed by atoms with Gasteiger partial charge in [-0.3, -0.25) is 14.2 Å². The highest BCUT2D eigenvalue weighted by molar-refractivity contribution is 7.18. The smallest absolute Gasteiger partial charge is 0.262 e. The van der Waals surface area contributed by atoms with E-state index in [1.807, 2.05) is 24.3 Å². The predicted octanol–water partition coefficient (Wildman–Crippen LogP) is 3.39. The molecule has 5 heteroatoms. The molecule has 0 aliphatic heterocycles. The van der Waals surface area contributed by atoms with Gasteiger partial charge in [0.25, 0.3) is 5.56 Å². The van der Waals surface area contributed by atoms with Crippen LogP contribution in [0.2, 0.25) is 0 Å². The minimum Gasteiger partial charge on any atom is -0.292 e. The largest absolute Gasteiger partial charge is 0.292 e. The molecule has 24 heavy (non-hydrogen) atoms. The molecule has 0 saturated heterocycles. The fourth-order valence-corrected chi connectivity index (χ4v) is 4.52. The minimum absolute atomic E-state index is 0.0395. The van der Waals surface area contributed by atoms with Crippen molar-refractivity contribution in [2.45, 2.75) is 39.2 Å². The quantitative estimate of drug-likeness (QED) is 0.685. The molecule has 0 fully saturated rings. The van der Waals surface area contributed by atoms with Crippen molar-refractivity contribution in [3.05, 3.63) is 62.5 Å². The molecule has 0 atom stereocenters. The lowest BCUT2D eigenvalue weighted by Gasteiger charge is -2.06. The van der Waals surface area contributed by atoms with Gasteiger partial charge in [-0.25, -0.2) is 4.98 Å². The first-order valence-corrected chi connectivity index (χ1v) is 9.11. The van der Waals surface area contributed by atoms with E-state index in [0.717, 1.165) is 41.5 Å². The average Bonchev–Trinajstić information content (AvgIpc) is 3.18. The first-order valence-electron chi connectivity index (χ1n) is 8.29. The lowest BCUT2D eigenvalue weighted by Crippen LogP contribution is -2.24. The van der Waals surface area contributed by atoms with Crippen molar-refractivity contribution in [2.75, 3.05) is 0 Å². The van der Waals surface area contributed by atoms with Crippen molar-refractivity contribution in [3.8, 4) is 0 Å². The minimum atomic E-state index is -0.0853. The summed E-state index contributed by atoms with van der Waals surface area (Å²) in [4.78, 5) is 31.8. The molecule has 0 unspecified atom stereocenters. The number of rotatable bonds is 4. The maximum absolute atomic E-state index is 12.8. The molecule has 1 aromatic carbocycles. The maximum Gasteiger partial charge on any atom is 0.262 e. The summed E-state index contributed by atoms with van der Waals surface area (Å²) in [6, 6.07) is 7.59. The third-order valence-electron chi connectivity index (χ3n) is 4.69. The summed E-state index contributed by atoms with van der Waals surface area (Å²) < 4.78 is 1.45. The number of hydrogen-bond donors (Lipinski definition) is 0. The van der Waals surface area contributed by atoms with Gasteiger partial charge in [0, 0.05) is 10.4 Å². The third kappa shape index (κ3) is 2.49. The van der Waals surface area contributed by atoms with Gasteiger partial charge in [0.2, 0.25) is 0 Å². The monoisotopic (exact) mass is 338 g/mol. The molecule has 4 rings (SSSR count). The number of thiophene rings is 1. The number of fused-ring (bicyclic) bond motifs is 3. The highest BCUT2D eigenvalue weighted by Crippen LogP contribution is 2.34. The summed E-state index contributed by atoms with van der Waals surface area (Å²) in [5, 5.41) is 0.726. The SMILES string of the molecule is CCc1ccc(C(=O)Cn2cnc3sc4c(c3c2=O)CCC4)cc1. The van der Waals surface area contributed by atoms with Crippen molar-refractivity contribution in [1.82, 2.24) is 9.55 Å². The Kier molecular flexibility index (Phi) is 3.81. The van der Waals surface area contributed by atoms with Gasteiger partial charge in [0.15, 0.2) is 5.78 Å². The number of nitrogens with zero attached hydrogens (tertiary/aromatic N) is 2. The molecular formula is C19H18N2O2S. The molecule has 1 aliphatic rings. The Labute approximate surface area is 143 Å². The molecule has 0 radical (unpaired) electrons. The molecule has 2 aromatic heterocycles. The number of hydrogen-bond acceptors (Lipinski definition) is 4. The van der Waals surface area contributed by atoms with Crippen LogP contribution in [0.3, 0.4) is 0 Å². The fraction of sp³-hybridized carbons (Fsp3) is 0.316. The Morgan fingerprint density at radius 2 is 2.04 bits per heavy atom. The van der Waals surface area contributed by atoms with Gasteiger partial charge in [0.1, 0.15) is 4.83 Å². The van der Waals surface area contributed by atoms with Crippen LogP contribution in [0.25, 0.3) is 10.2 Å². The van der Waals surface area contributed by atoms with Crippen LogP contribution in [0.15, 0.2) is 35.4 Å². The van der Waals surface area contributed by atoms with Gasteiger partial charge in [-0.15, -0.1) is 11.3 Å². The van der Waals surface area contributed by atoms with E-state index in [2.05, 4.69) is 11.9 Å². The topological polar surface area (TPSA) is 52.0 Å². The average molecular weight is 338 g/mol. The van der Waals surface area contributed by atoms with Crippen molar-refractivity contribution < 1.29 is 4.79 Å². The Morgan fingerprint density at radius 3 is 2.79 bits per heavy atom. The third-order valence-corrected chi connectivity index (χ3v) is 5.89. The molecule has 2 heterocycles. The molecule has 1 aliphatic carbocycles. The molecule has 4 nitrogen and oxygen atoms in total. The predicted molar refractivity (Wildman–Crippen MR) is 96.1 cm³/mol. The number of aromatic nitrogens is 2. The highest BCUT2D eigenvalue weighted by Gasteiger charge is 2.21. The lowest BCUT2D eigenvalue weighted by molar-refractivity contribution is 0.0970. The van der Waals surface area contributed by atoms with Gasteiger partial charge in [0.05, 0.1) is 18.3 Å². The van der Waals surface area contributed by atoms with Crippen molar-refractivity contribution in [2.24, 2.45) is 0 Å². The zero-order valence-electron chi connectivity index (χ0n) is 13.5. The van der Waals surface area contributed by atoms with E-state index in [4.69, 9.17) is 0 Å². The van der Waals surface area contributed by atoms with Gasteiger partial charge >= 0.3 is 0 Å². The van der Waals surface area contributed by atoms with Crippen LogP contribution in [-0.4, -0.2) is 15.3 Å². The maximum atomic E-state index is 12.8. The second-order valence-corrected chi connectivity index (χ2v) is 7.27. The number of aryl methyl sites for hydroxylation is 3. The van der Waals surface area contributed by atoms with Crippen LogP contribution in [0.5, 0.6) is 0 Å². The molecule has 0 spiro atoms. The number of carbonyl (C=O) groups excluding carboxylic acids is 1. The second kappa shape index (κ2) is 5.98. The highest BCUT2D eigenvalue weighted by atomic mass is 32.1. The van der Waals surface area contributed by atoms with Crippen molar-refractivity contribution >= 4 is 27.3 Å². The number of Topliss-reactive ketones (excluding diaryl/α,β-unsaturated/α-hetero) is 1. The number of benzene rings is 1. The first kappa shape index (κ1) is 15.3. The first-order chi connectivity index (χ1) is 11.7. The lowest BCUT2D eigenvalue weighted by atomic mass is 10.1. The molecule has 0 bridgehead atoms. The van der Waals surface area contributed by atoms with Crippen molar-refractivity contribution in [1.29, 1.82) is 0 Å². The van der Waals surface area contributed by atoms with E-state index < -0.39 is 0 Å². The van der Waals surface area contributed by atoms with Gasteiger partial charge in [-0.1, -0.05) is 31.2 Å². The standard InChI is InChI=1S/C19H18N2O2S/c1-2-12-6-8-13(9-7-12)15(22)10-21-11-20-18-17(19(21)23)14-4-3-5-16(14)24-18/h6-9,11H,2-5,10H2,1H3. The van der Waals surface area contributed by atoms with Crippen LogP contribution in [0, 0.1) is 0 Å². The van der Waals surface area contributed by atoms with Crippen LogP contribution < -0.4 is 5.56 Å². The van der Waals surface area contributed by atoms with Crippen LogP contribution in [-0.2, 0) is 25.8 Å². The molecule has 3 aromatic rings. The summed E-state index contributed by atoms with van der Waals surface area (Å²) in [5.74, 6) is -0.0622. The molecular weight excluding hydrogens is 320 g/mol. The van der Waals surface area contributed by atoms with Gasteiger partial charge in [-0.2, -0.15) is 0 Å². The summed E-state index contributed by atoms with van der Waals surface area (Å²) in [7, 11) is 0. The van der Waals surface area contributed by atoms with Crippen molar-refractivity contribution in [3.63, 3.8) is 0 Å². The Bertz CT molecular complexity index is 983.